The second-order valence-electron chi connectivity index (χ2n) is 5.84. The van der Waals surface area contributed by atoms with Crippen LogP contribution in [0.25, 0.3) is 20.2 Å². The molecule has 2 aromatic heterocycles. The van der Waals surface area contributed by atoms with Crippen LogP contribution in [-0.4, -0.2) is 26.2 Å². The Bertz CT molecular complexity index is 1070. The number of carbonyl (C=O) groups is 2. The lowest BCUT2D eigenvalue weighted by Crippen LogP contribution is -1.96. The average Bonchev–Trinajstić information content (AvgIpc) is 3.33. The van der Waals surface area contributed by atoms with E-state index in [0.717, 1.165) is 24.6 Å². The van der Waals surface area contributed by atoms with Gasteiger partial charge in [-0.05, 0) is 48.2 Å². The van der Waals surface area contributed by atoms with Crippen molar-refractivity contribution in [1.82, 2.24) is 0 Å². The second-order valence-corrected chi connectivity index (χ2v) is 8.86. The van der Waals surface area contributed by atoms with Crippen molar-refractivity contribution in [2.75, 3.05) is 14.2 Å². The summed E-state index contributed by atoms with van der Waals surface area (Å²) < 4.78 is 12.6. The monoisotopic (exact) mass is 476 g/mol. The molecule has 4 aromatic rings. The van der Waals surface area contributed by atoms with E-state index < -0.39 is 0 Å². The largest absolute Gasteiger partial charge is 0.465 e. The zero-order valence-corrected chi connectivity index (χ0v) is 18.7. The molecule has 0 saturated heterocycles. The quantitative estimate of drug-likeness (QED) is 0.312. The predicted octanol–water partition coefficient (Wildman–Crippen LogP) is 6.45. The van der Waals surface area contributed by atoms with Gasteiger partial charge in [0.25, 0.3) is 0 Å². The number of hydrogen-bond acceptors (Lipinski definition) is 6. The predicted molar refractivity (Wildman–Crippen MR) is 119 cm³/mol. The standard InChI is InChI=1S/C11H10O2S.C10H7BrO2S/c1-7-4-3-5-9-8(7)6-10(14-9)11(12)13-2;1-13-10(12)9-5-6-7(11)3-2-4-8(6)14-9/h3-6H,1-2H3;2-5H,1H3. The number of rotatable bonds is 2. The normalized spacial score (nSPS) is 10.4. The molecule has 0 unspecified atom stereocenters. The first-order chi connectivity index (χ1) is 13.4. The number of fused-ring (bicyclic) bond motifs is 2. The summed E-state index contributed by atoms with van der Waals surface area (Å²) in [5.41, 5.74) is 1.19. The van der Waals surface area contributed by atoms with Crippen LogP contribution in [-0.2, 0) is 9.47 Å². The number of methoxy groups -OCH3 is 2. The number of thiophene rings is 2. The number of benzene rings is 2. The Labute approximate surface area is 178 Å². The third-order valence-electron chi connectivity index (χ3n) is 4.06. The SMILES string of the molecule is COC(=O)c1cc2c(Br)cccc2s1.COC(=O)c1cc2c(C)cccc2s1. The van der Waals surface area contributed by atoms with Crippen molar-refractivity contribution < 1.29 is 19.1 Å². The molecule has 0 aliphatic carbocycles. The fourth-order valence-electron chi connectivity index (χ4n) is 2.63. The van der Waals surface area contributed by atoms with Crippen LogP contribution in [0.3, 0.4) is 0 Å². The maximum absolute atomic E-state index is 11.3. The summed E-state index contributed by atoms with van der Waals surface area (Å²) in [7, 11) is 2.79. The molecule has 4 rings (SSSR count). The Morgan fingerprint density at radius 2 is 1.32 bits per heavy atom. The van der Waals surface area contributed by atoms with Gasteiger partial charge in [-0.1, -0.05) is 34.1 Å². The minimum Gasteiger partial charge on any atom is -0.465 e. The summed E-state index contributed by atoms with van der Waals surface area (Å²) in [5.74, 6) is -0.538. The van der Waals surface area contributed by atoms with E-state index in [4.69, 9.17) is 0 Å². The number of esters is 2. The number of halogens is 1. The zero-order valence-electron chi connectivity index (χ0n) is 15.4. The number of aryl methyl sites for hydroxylation is 1. The Kier molecular flexibility index (Phi) is 6.49. The maximum Gasteiger partial charge on any atom is 0.348 e. The van der Waals surface area contributed by atoms with E-state index in [1.807, 2.05) is 55.5 Å². The van der Waals surface area contributed by atoms with Crippen LogP contribution in [0, 0.1) is 6.92 Å². The van der Waals surface area contributed by atoms with E-state index in [-0.39, 0.29) is 11.9 Å². The molecular formula is C21H17BrO4S2. The van der Waals surface area contributed by atoms with Crippen LogP contribution >= 0.6 is 38.6 Å². The van der Waals surface area contributed by atoms with Crippen LogP contribution in [0.15, 0.2) is 53.0 Å². The van der Waals surface area contributed by atoms with Gasteiger partial charge in [-0.3, -0.25) is 0 Å². The minimum atomic E-state index is -0.280. The van der Waals surface area contributed by atoms with Crippen LogP contribution in [0.5, 0.6) is 0 Å². The highest BCUT2D eigenvalue weighted by Gasteiger charge is 2.11. The van der Waals surface area contributed by atoms with Gasteiger partial charge in [-0.2, -0.15) is 0 Å². The van der Waals surface area contributed by atoms with Gasteiger partial charge in [-0.15, -0.1) is 22.7 Å². The summed E-state index contributed by atoms with van der Waals surface area (Å²) in [6.45, 7) is 2.04. The molecule has 0 saturated carbocycles. The summed E-state index contributed by atoms with van der Waals surface area (Å²) >= 11 is 6.34. The number of carbonyl (C=O) groups excluding carboxylic acids is 2. The van der Waals surface area contributed by atoms with Crippen molar-refractivity contribution in [3.8, 4) is 0 Å². The molecule has 0 N–H and O–H groups in total. The first-order valence-electron chi connectivity index (χ1n) is 8.28. The highest BCUT2D eigenvalue weighted by atomic mass is 79.9. The van der Waals surface area contributed by atoms with Crippen LogP contribution in [0.4, 0.5) is 0 Å². The van der Waals surface area contributed by atoms with Gasteiger partial charge in [0.15, 0.2) is 0 Å². The van der Waals surface area contributed by atoms with Gasteiger partial charge in [-0.25, -0.2) is 9.59 Å². The molecule has 144 valence electrons. The van der Waals surface area contributed by atoms with Crippen molar-refractivity contribution in [2.45, 2.75) is 6.92 Å². The summed E-state index contributed by atoms with van der Waals surface area (Å²) in [4.78, 5) is 23.8. The molecule has 0 amide bonds. The zero-order chi connectivity index (χ0) is 20.3. The Balaban J connectivity index is 0.000000161. The van der Waals surface area contributed by atoms with Crippen molar-refractivity contribution in [2.24, 2.45) is 0 Å². The molecule has 0 radical (unpaired) electrons. The molecule has 0 spiro atoms. The first kappa shape index (κ1) is 20.5. The van der Waals surface area contributed by atoms with Crippen molar-refractivity contribution in [3.63, 3.8) is 0 Å². The van der Waals surface area contributed by atoms with E-state index in [9.17, 15) is 9.59 Å². The molecule has 0 atom stereocenters. The Morgan fingerprint density at radius 3 is 1.82 bits per heavy atom. The lowest BCUT2D eigenvalue weighted by molar-refractivity contribution is 0.0597. The van der Waals surface area contributed by atoms with E-state index in [1.54, 1.807) is 0 Å². The van der Waals surface area contributed by atoms with Crippen molar-refractivity contribution in [3.05, 3.63) is 68.3 Å². The van der Waals surface area contributed by atoms with Crippen LogP contribution in [0.2, 0.25) is 0 Å². The molecule has 4 nitrogen and oxygen atoms in total. The third-order valence-corrected chi connectivity index (χ3v) is 6.91. The second kappa shape index (κ2) is 8.86. The van der Waals surface area contributed by atoms with Gasteiger partial charge in [0, 0.05) is 19.3 Å². The molecule has 0 aliphatic heterocycles. The third kappa shape index (κ3) is 4.27. The first-order valence-corrected chi connectivity index (χ1v) is 10.7. The van der Waals surface area contributed by atoms with Gasteiger partial charge in [0.1, 0.15) is 9.75 Å². The summed E-state index contributed by atoms with van der Waals surface area (Å²) in [5, 5.41) is 2.19. The van der Waals surface area contributed by atoms with Gasteiger partial charge in [0.2, 0.25) is 0 Å². The van der Waals surface area contributed by atoms with E-state index in [0.29, 0.717) is 9.75 Å². The van der Waals surface area contributed by atoms with E-state index in [1.165, 1.54) is 42.5 Å². The van der Waals surface area contributed by atoms with Crippen LogP contribution < -0.4 is 0 Å². The van der Waals surface area contributed by atoms with Gasteiger partial charge in [0.05, 0.1) is 14.2 Å². The number of hydrogen-bond donors (Lipinski definition) is 0. The minimum absolute atomic E-state index is 0.259. The van der Waals surface area contributed by atoms with Gasteiger partial charge < -0.3 is 9.47 Å². The van der Waals surface area contributed by atoms with E-state index >= 15 is 0 Å². The molecule has 2 aromatic carbocycles. The molecule has 0 bridgehead atoms. The van der Waals surface area contributed by atoms with Crippen LogP contribution in [0.1, 0.15) is 24.9 Å². The lowest BCUT2D eigenvalue weighted by Gasteiger charge is -1.92. The van der Waals surface area contributed by atoms with Crippen molar-refractivity contribution in [1.29, 1.82) is 0 Å². The Morgan fingerprint density at radius 1 is 0.821 bits per heavy atom. The topological polar surface area (TPSA) is 52.6 Å². The van der Waals surface area contributed by atoms with Crippen molar-refractivity contribution >= 4 is 70.7 Å². The Hall–Kier alpha value is -2.22. The highest BCUT2D eigenvalue weighted by molar-refractivity contribution is 9.10. The molecule has 0 aliphatic rings. The fraction of sp³-hybridized carbons (Fsp3) is 0.143. The van der Waals surface area contributed by atoms with E-state index in [2.05, 4.69) is 25.4 Å². The smallest absolute Gasteiger partial charge is 0.348 e. The number of ether oxygens (including phenoxy) is 2. The molecule has 28 heavy (non-hydrogen) atoms. The molecule has 0 fully saturated rings. The molecular weight excluding hydrogens is 460 g/mol. The summed E-state index contributed by atoms with van der Waals surface area (Å²) in [6, 6.07) is 15.7. The summed E-state index contributed by atoms with van der Waals surface area (Å²) in [6.07, 6.45) is 0. The molecule has 7 heteroatoms. The molecule has 2 heterocycles. The maximum atomic E-state index is 11.3. The fourth-order valence-corrected chi connectivity index (χ4v) is 5.31. The highest BCUT2D eigenvalue weighted by Crippen LogP contribution is 2.31. The lowest BCUT2D eigenvalue weighted by atomic mass is 10.1. The average molecular weight is 477 g/mol. The van der Waals surface area contributed by atoms with Gasteiger partial charge >= 0.3 is 11.9 Å².